The average Bonchev–Trinajstić information content (AvgIpc) is 2.65. The van der Waals surface area contributed by atoms with Crippen LogP contribution in [-0.2, 0) is 9.59 Å². The highest BCUT2D eigenvalue weighted by Crippen LogP contribution is 2.16. The number of carbonyl (C=O) groups excluding carboxylic acids is 2. The van der Waals surface area contributed by atoms with Crippen molar-refractivity contribution in [3.05, 3.63) is 42.0 Å². The number of anilines is 1. The van der Waals surface area contributed by atoms with Crippen LogP contribution in [0.5, 0.6) is 0 Å². The first-order valence-corrected chi connectivity index (χ1v) is 8.57. The number of benzene rings is 1. The van der Waals surface area contributed by atoms with E-state index in [0.29, 0.717) is 23.0 Å². The van der Waals surface area contributed by atoms with E-state index in [4.69, 9.17) is 10.7 Å². The summed E-state index contributed by atoms with van der Waals surface area (Å²) in [5.41, 5.74) is 1.06. The Balaban J connectivity index is 1.72. The van der Waals surface area contributed by atoms with E-state index in [9.17, 15) is 9.59 Å². The molecule has 1 aliphatic rings. The normalized spacial score (nSPS) is 14.7. The zero-order valence-corrected chi connectivity index (χ0v) is 14.8. The topological polar surface area (TPSA) is 109 Å². The summed E-state index contributed by atoms with van der Waals surface area (Å²) in [4.78, 5) is 25.6. The molecule has 26 heavy (non-hydrogen) atoms. The highest BCUT2D eigenvalue weighted by Gasteiger charge is 2.16. The van der Waals surface area contributed by atoms with Gasteiger partial charge in [-0.1, -0.05) is 6.92 Å². The van der Waals surface area contributed by atoms with Gasteiger partial charge in [0.15, 0.2) is 0 Å². The van der Waals surface area contributed by atoms with Gasteiger partial charge in [0.2, 0.25) is 11.8 Å². The maximum absolute atomic E-state index is 11.8. The van der Waals surface area contributed by atoms with E-state index in [1.165, 1.54) is 12.2 Å². The smallest absolute Gasteiger partial charge is 0.244 e. The summed E-state index contributed by atoms with van der Waals surface area (Å²) in [6.07, 6.45) is 4.84. The minimum absolute atomic E-state index is 0.169. The third-order valence-electron chi connectivity index (χ3n) is 4.24. The SMILES string of the molecule is CC1CCN(C(=N)/C=C\C(=O)NCC(=O)Nc2ccc(C#N)cc2)CC1. The highest BCUT2D eigenvalue weighted by atomic mass is 16.2. The van der Waals surface area contributed by atoms with Gasteiger partial charge in [-0.25, -0.2) is 0 Å². The number of likely N-dealkylation sites (tertiary alicyclic amines) is 1. The van der Waals surface area contributed by atoms with E-state index in [1.807, 2.05) is 11.0 Å². The van der Waals surface area contributed by atoms with Gasteiger partial charge in [-0.2, -0.15) is 5.26 Å². The van der Waals surface area contributed by atoms with Crippen LogP contribution < -0.4 is 10.6 Å². The summed E-state index contributed by atoms with van der Waals surface area (Å²) < 4.78 is 0. The quantitative estimate of drug-likeness (QED) is 0.426. The van der Waals surface area contributed by atoms with Crippen LogP contribution >= 0.6 is 0 Å². The molecule has 0 aromatic heterocycles. The standard InChI is InChI=1S/C19H23N5O2/c1-14-8-10-24(11-9-14)17(21)6-7-18(25)22-13-19(26)23-16-4-2-15(12-20)3-5-16/h2-7,14,21H,8-11,13H2,1H3,(H,22,25)(H,23,26)/b7-6-,21-17?. The number of amides is 2. The van der Waals surface area contributed by atoms with Crippen LogP contribution in [0.15, 0.2) is 36.4 Å². The number of nitrogens with zero attached hydrogens (tertiary/aromatic N) is 2. The lowest BCUT2D eigenvalue weighted by Crippen LogP contribution is -2.37. The van der Waals surface area contributed by atoms with Crippen molar-refractivity contribution in [3.8, 4) is 6.07 Å². The van der Waals surface area contributed by atoms with Crippen LogP contribution in [0, 0.1) is 22.7 Å². The van der Waals surface area contributed by atoms with E-state index in [2.05, 4.69) is 17.6 Å². The summed E-state index contributed by atoms with van der Waals surface area (Å²) in [5.74, 6) is 0.210. The fraction of sp³-hybridized carbons (Fsp3) is 0.368. The predicted molar refractivity (Wildman–Crippen MR) is 99.6 cm³/mol. The lowest BCUT2D eigenvalue weighted by molar-refractivity contribution is -0.121. The second kappa shape index (κ2) is 9.37. The van der Waals surface area contributed by atoms with Crippen LogP contribution in [0.25, 0.3) is 0 Å². The van der Waals surface area contributed by atoms with Gasteiger partial charge in [0.1, 0.15) is 5.84 Å². The zero-order chi connectivity index (χ0) is 18.9. The van der Waals surface area contributed by atoms with Gasteiger partial charge in [0.05, 0.1) is 18.2 Å². The van der Waals surface area contributed by atoms with E-state index in [1.54, 1.807) is 24.3 Å². The molecule has 0 radical (unpaired) electrons. The first kappa shape index (κ1) is 19.2. The van der Waals surface area contributed by atoms with Gasteiger partial charge >= 0.3 is 0 Å². The molecule has 136 valence electrons. The van der Waals surface area contributed by atoms with Gasteiger partial charge in [-0.15, -0.1) is 0 Å². The lowest BCUT2D eigenvalue weighted by atomic mass is 9.99. The Morgan fingerprint density at radius 2 is 1.92 bits per heavy atom. The molecule has 1 aliphatic heterocycles. The number of hydrogen-bond donors (Lipinski definition) is 3. The number of carbonyl (C=O) groups is 2. The molecule has 0 bridgehead atoms. The Kier molecular flexibility index (Phi) is 6.92. The van der Waals surface area contributed by atoms with Gasteiger partial charge in [0.25, 0.3) is 0 Å². The van der Waals surface area contributed by atoms with Crippen molar-refractivity contribution in [2.45, 2.75) is 19.8 Å². The predicted octanol–water partition coefficient (Wildman–Crippen LogP) is 1.88. The second-order valence-corrected chi connectivity index (χ2v) is 6.34. The highest BCUT2D eigenvalue weighted by molar-refractivity contribution is 6.00. The van der Waals surface area contributed by atoms with Gasteiger partial charge in [-0.05, 0) is 49.1 Å². The van der Waals surface area contributed by atoms with E-state index < -0.39 is 5.91 Å². The van der Waals surface area contributed by atoms with Crippen molar-refractivity contribution in [2.75, 3.05) is 25.0 Å². The molecule has 0 spiro atoms. The largest absolute Gasteiger partial charge is 0.357 e. The van der Waals surface area contributed by atoms with Crippen molar-refractivity contribution >= 4 is 23.3 Å². The summed E-state index contributed by atoms with van der Waals surface area (Å²) in [5, 5.41) is 21.8. The molecule has 1 fully saturated rings. The van der Waals surface area contributed by atoms with Crippen LogP contribution in [0.4, 0.5) is 5.69 Å². The van der Waals surface area contributed by atoms with Crippen molar-refractivity contribution in [2.24, 2.45) is 5.92 Å². The lowest BCUT2D eigenvalue weighted by Gasteiger charge is -2.31. The van der Waals surface area contributed by atoms with E-state index in [-0.39, 0.29) is 12.5 Å². The molecule has 7 heteroatoms. The fourth-order valence-electron chi connectivity index (χ4n) is 2.57. The molecule has 1 saturated heterocycles. The van der Waals surface area contributed by atoms with Crippen molar-refractivity contribution in [1.82, 2.24) is 10.2 Å². The van der Waals surface area contributed by atoms with Crippen LogP contribution in [0.1, 0.15) is 25.3 Å². The number of hydrogen-bond acceptors (Lipinski definition) is 4. The molecule has 1 aromatic rings. The van der Waals surface area contributed by atoms with Crippen molar-refractivity contribution in [3.63, 3.8) is 0 Å². The third kappa shape index (κ3) is 6.06. The molecule has 1 aromatic carbocycles. The van der Waals surface area contributed by atoms with Gasteiger partial charge < -0.3 is 15.5 Å². The molecule has 0 aliphatic carbocycles. The summed E-state index contributed by atoms with van der Waals surface area (Å²) in [7, 11) is 0. The van der Waals surface area contributed by atoms with Crippen molar-refractivity contribution in [1.29, 1.82) is 10.7 Å². The van der Waals surface area contributed by atoms with Gasteiger partial charge in [0, 0.05) is 24.9 Å². The molecular formula is C19H23N5O2. The first-order valence-electron chi connectivity index (χ1n) is 8.57. The molecule has 2 rings (SSSR count). The number of piperidine rings is 1. The van der Waals surface area contributed by atoms with E-state index >= 15 is 0 Å². The number of amidine groups is 1. The maximum atomic E-state index is 11.8. The summed E-state index contributed by atoms with van der Waals surface area (Å²) in [6.45, 7) is 3.70. The Morgan fingerprint density at radius 3 is 2.54 bits per heavy atom. The molecular weight excluding hydrogens is 330 g/mol. The van der Waals surface area contributed by atoms with Crippen LogP contribution in [-0.4, -0.2) is 42.2 Å². The molecule has 1 heterocycles. The maximum Gasteiger partial charge on any atom is 0.244 e. The minimum Gasteiger partial charge on any atom is -0.357 e. The first-order chi connectivity index (χ1) is 12.5. The average molecular weight is 353 g/mol. The molecule has 3 N–H and O–H groups in total. The Hall–Kier alpha value is -3.14. The Morgan fingerprint density at radius 1 is 1.27 bits per heavy atom. The molecule has 2 amide bonds. The number of nitriles is 1. The monoisotopic (exact) mass is 353 g/mol. The van der Waals surface area contributed by atoms with Crippen LogP contribution in [0.2, 0.25) is 0 Å². The molecule has 0 atom stereocenters. The number of rotatable bonds is 5. The summed E-state index contributed by atoms with van der Waals surface area (Å²) in [6, 6.07) is 8.45. The van der Waals surface area contributed by atoms with Crippen LogP contribution in [0.3, 0.4) is 0 Å². The van der Waals surface area contributed by atoms with Gasteiger partial charge in [-0.3, -0.25) is 15.0 Å². The minimum atomic E-state index is -0.421. The molecule has 7 nitrogen and oxygen atoms in total. The van der Waals surface area contributed by atoms with Crippen molar-refractivity contribution < 1.29 is 9.59 Å². The Labute approximate surface area is 153 Å². The molecule has 0 unspecified atom stereocenters. The fourth-order valence-corrected chi connectivity index (χ4v) is 2.57. The van der Waals surface area contributed by atoms with E-state index in [0.717, 1.165) is 25.9 Å². The zero-order valence-electron chi connectivity index (χ0n) is 14.8. The number of nitrogens with one attached hydrogen (secondary N) is 3. The second-order valence-electron chi connectivity index (χ2n) is 6.34. The summed E-state index contributed by atoms with van der Waals surface area (Å²) >= 11 is 0. The Bertz CT molecular complexity index is 725. The molecule has 0 saturated carbocycles. The third-order valence-corrected chi connectivity index (χ3v) is 4.24.